The van der Waals surface area contributed by atoms with Crippen molar-refractivity contribution in [1.29, 1.82) is 0 Å². The quantitative estimate of drug-likeness (QED) is 0.489. The third-order valence-corrected chi connectivity index (χ3v) is 4.05. The van der Waals surface area contributed by atoms with Crippen LogP contribution in [0, 0.1) is 3.57 Å². The van der Waals surface area contributed by atoms with E-state index in [-0.39, 0.29) is 0 Å². The highest BCUT2D eigenvalue weighted by Crippen LogP contribution is 2.27. The largest absolute Gasteiger partial charge is 0.436 e. The minimum absolute atomic E-state index is 0.686. The van der Waals surface area contributed by atoms with Crippen LogP contribution in [0.25, 0.3) is 22.6 Å². The van der Waals surface area contributed by atoms with Gasteiger partial charge in [0.2, 0.25) is 5.89 Å². The molecule has 110 valence electrons. The van der Waals surface area contributed by atoms with E-state index < -0.39 is 0 Å². The number of para-hydroxylation sites is 2. The summed E-state index contributed by atoms with van der Waals surface area (Å²) in [7, 11) is 0. The van der Waals surface area contributed by atoms with Gasteiger partial charge in [-0.05, 0) is 46.9 Å². The summed E-state index contributed by atoms with van der Waals surface area (Å²) in [4.78, 5) is 4.47. The molecule has 0 atom stereocenters. The second-order valence-electron chi connectivity index (χ2n) is 4.82. The Bertz CT molecular complexity index is 655. The molecule has 3 rings (SSSR count). The molecule has 0 fully saturated rings. The summed E-state index contributed by atoms with van der Waals surface area (Å²) in [6, 6.07) is 15.9. The van der Waals surface area contributed by atoms with Crippen LogP contribution in [0.1, 0.15) is 33.1 Å². The number of oxazole rings is 1. The zero-order chi connectivity index (χ0) is 15.1. The van der Waals surface area contributed by atoms with E-state index in [1.165, 1.54) is 19.3 Å². The summed E-state index contributed by atoms with van der Waals surface area (Å²) in [5.41, 5.74) is 2.77. The van der Waals surface area contributed by atoms with Crippen molar-refractivity contribution in [2.24, 2.45) is 0 Å². The van der Waals surface area contributed by atoms with E-state index in [0.717, 1.165) is 20.2 Å². The fourth-order valence-electron chi connectivity index (χ4n) is 1.98. The number of rotatable bonds is 3. The topological polar surface area (TPSA) is 26.0 Å². The molecule has 0 bridgehead atoms. The number of fused-ring (bicyclic) bond motifs is 1. The monoisotopic (exact) mass is 393 g/mol. The predicted molar refractivity (Wildman–Crippen MR) is 97.4 cm³/mol. The first-order valence-electron chi connectivity index (χ1n) is 7.36. The van der Waals surface area contributed by atoms with Crippen molar-refractivity contribution in [2.45, 2.75) is 33.1 Å². The van der Waals surface area contributed by atoms with Crippen molar-refractivity contribution in [3.05, 3.63) is 52.1 Å². The second kappa shape index (κ2) is 8.17. The minimum Gasteiger partial charge on any atom is -0.436 e. The molecule has 0 radical (unpaired) electrons. The molecule has 0 unspecified atom stereocenters. The van der Waals surface area contributed by atoms with Gasteiger partial charge in [-0.25, -0.2) is 4.98 Å². The lowest BCUT2D eigenvalue weighted by Gasteiger charge is -1.97. The molecule has 0 amide bonds. The molecule has 0 saturated heterocycles. The van der Waals surface area contributed by atoms with Gasteiger partial charge in [-0.3, -0.25) is 0 Å². The van der Waals surface area contributed by atoms with Gasteiger partial charge in [-0.1, -0.05) is 57.4 Å². The molecule has 0 N–H and O–H groups in total. The molecule has 0 aliphatic heterocycles. The van der Waals surface area contributed by atoms with Crippen LogP contribution >= 0.6 is 22.6 Å². The number of nitrogens with zero attached hydrogens (tertiary/aromatic N) is 1. The zero-order valence-electron chi connectivity index (χ0n) is 12.5. The highest BCUT2D eigenvalue weighted by atomic mass is 127. The van der Waals surface area contributed by atoms with Crippen molar-refractivity contribution in [2.75, 3.05) is 0 Å². The summed E-state index contributed by atoms with van der Waals surface area (Å²) in [6.07, 6.45) is 4.08. The van der Waals surface area contributed by atoms with Gasteiger partial charge in [0.25, 0.3) is 0 Å². The molecule has 3 heteroatoms. The molecular formula is C18H20INO. The summed E-state index contributed by atoms with van der Waals surface area (Å²) in [5.74, 6) is 0.686. The van der Waals surface area contributed by atoms with Crippen LogP contribution in [0.15, 0.2) is 52.9 Å². The average Bonchev–Trinajstić information content (AvgIpc) is 2.93. The number of hydrogen-bond donors (Lipinski definition) is 0. The molecule has 0 spiro atoms. The van der Waals surface area contributed by atoms with E-state index in [2.05, 4.69) is 41.4 Å². The van der Waals surface area contributed by atoms with E-state index >= 15 is 0 Å². The van der Waals surface area contributed by atoms with E-state index in [1.54, 1.807) is 0 Å². The Balaban J connectivity index is 0.000000282. The van der Waals surface area contributed by atoms with Crippen LogP contribution in [0.4, 0.5) is 0 Å². The molecular weight excluding hydrogens is 373 g/mol. The van der Waals surface area contributed by atoms with Crippen LogP contribution in [-0.2, 0) is 0 Å². The maximum absolute atomic E-state index is 5.72. The molecule has 3 aromatic rings. The van der Waals surface area contributed by atoms with Gasteiger partial charge in [-0.15, -0.1) is 0 Å². The molecule has 2 aromatic carbocycles. The summed E-state index contributed by atoms with van der Waals surface area (Å²) in [5, 5.41) is 0. The van der Waals surface area contributed by atoms with Gasteiger partial charge in [0.1, 0.15) is 5.52 Å². The SMILES string of the molecule is CCCCC.Ic1ccccc1-c1nc2ccccc2o1. The van der Waals surface area contributed by atoms with Gasteiger partial charge in [0.05, 0.1) is 5.56 Å². The third-order valence-electron chi connectivity index (χ3n) is 3.11. The maximum atomic E-state index is 5.72. The van der Waals surface area contributed by atoms with Crippen LogP contribution in [0.2, 0.25) is 0 Å². The lowest BCUT2D eigenvalue weighted by molar-refractivity contribution is 0.619. The van der Waals surface area contributed by atoms with Crippen LogP contribution in [0.5, 0.6) is 0 Å². The zero-order valence-corrected chi connectivity index (χ0v) is 14.6. The van der Waals surface area contributed by atoms with Crippen molar-refractivity contribution in [3.8, 4) is 11.5 Å². The Morgan fingerprint density at radius 3 is 2.24 bits per heavy atom. The molecule has 1 heterocycles. The lowest BCUT2D eigenvalue weighted by Crippen LogP contribution is -1.80. The van der Waals surface area contributed by atoms with Gasteiger partial charge < -0.3 is 4.42 Å². The second-order valence-corrected chi connectivity index (χ2v) is 5.98. The van der Waals surface area contributed by atoms with E-state index in [0.29, 0.717) is 5.89 Å². The fourth-order valence-corrected chi connectivity index (χ4v) is 2.59. The lowest BCUT2D eigenvalue weighted by atomic mass is 10.2. The molecule has 0 saturated carbocycles. The van der Waals surface area contributed by atoms with Gasteiger partial charge in [0, 0.05) is 3.57 Å². The third kappa shape index (κ3) is 4.30. The van der Waals surface area contributed by atoms with Crippen molar-refractivity contribution in [3.63, 3.8) is 0 Å². The molecule has 2 nitrogen and oxygen atoms in total. The van der Waals surface area contributed by atoms with E-state index in [4.69, 9.17) is 4.42 Å². The number of hydrogen-bond acceptors (Lipinski definition) is 2. The van der Waals surface area contributed by atoms with Gasteiger partial charge in [-0.2, -0.15) is 0 Å². The Hall–Kier alpha value is -1.36. The summed E-state index contributed by atoms with van der Waals surface area (Å²) in [6.45, 7) is 4.42. The smallest absolute Gasteiger partial charge is 0.228 e. The molecule has 21 heavy (non-hydrogen) atoms. The van der Waals surface area contributed by atoms with Gasteiger partial charge >= 0.3 is 0 Å². The van der Waals surface area contributed by atoms with Gasteiger partial charge in [0.15, 0.2) is 5.58 Å². The molecule has 1 aromatic heterocycles. The van der Waals surface area contributed by atoms with Crippen LogP contribution in [0.3, 0.4) is 0 Å². The number of halogens is 1. The Kier molecular flexibility index (Phi) is 6.23. The predicted octanol–water partition coefficient (Wildman–Crippen LogP) is 6.30. The Morgan fingerprint density at radius 1 is 0.952 bits per heavy atom. The Morgan fingerprint density at radius 2 is 1.62 bits per heavy atom. The standard InChI is InChI=1S/C13H8INO.C5H12/c14-10-6-2-1-5-9(10)13-15-11-7-3-4-8-12(11)16-13;1-3-5-4-2/h1-8H;3-5H2,1-2H3. The normalized spacial score (nSPS) is 10.2. The van der Waals surface area contributed by atoms with Crippen LogP contribution in [-0.4, -0.2) is 4.98 Å². The number of unbranched alkanes of at least 4 members (excludes halogenated alkanes) is 2. The Labute approximate surface area is 139 Å². The molecule has 0 aliphatic carbocycles. The van der Waals surface area contributed by atoms with E-state index in [9.17, 15) is 0 Å². The van der Waals surface area contributed by atoms with Crippen LogP contribution < -0.4 is 0 Å². The summed E-state index contributed by atoms with van der Waals surface area (Å²) >= 11 is 2.29. The first-order valence-corrected chi connectivity index (χ1v) is 8.44. The highest BCUT2D eigenvalue weighted by Gasteiger charge is 2.09. The van der Waals surface area contributed by atoms with Crippen molar-refractivity contribution < 1.29 is 4.42 Å². The first kappa shape index (κ1) is 16.0. The number of benzene rings is 2. The fraction of sp³-hybridized carbons (Fsp3) is 0.278. The van der Waals surface area contributed by atoms with Crippen molar-refractivity contribution >= 4 is 33.7 Å². The minimum atomic E-state index is 0.686. The van der Waals surface area contributed by atoms with Crippen molar-refractivity contribution in [1.82, 2.24) is 4.98 Å². The summed E-state index contributed by atoms with van der Waals surface area (Å²) < 4.78 is 6.86. The maximum Gasteiger partial charge on any atom is 0.228 e. The van der Waals surface area contributed by atoms with E-state index in [1.807, 2.05) is 48.5 Å². The highest BCUT2D eigenvalue weighted by molar-refractivity contribution is 14.1. The average molecular weight is 393 g/mol. The number of aromatic nitrogens is 1. The first-order chi connectivity index (χ1) is 10.3. The molecule has 0 aliphatic rings.